The van der Waals surface area contributed by atoms with Crippen molar-refractivity contribution >= 4 is 17.3 Å². The van der Waals surface area contributed by atoms with Gasteiger partial charge in [-0.1, -0.05) is 6.07 Å². The quantitative estimate of drug-likeness (QED) is 0.783. The van der Waals surface area contributed by atoms with Crippen molar-refractivity contribution in [3.05, 3.63) is 29.3 Å². The smallest absolute Gasteiger partial charge is 0.217 e. The molecule has 1 aromatic carbocycles. The van der Waals surface area contributed by atoms with Gasteiger partial charge in [-0.05, 0) is 37.1 Å². The molecule has 18 heavy (non-hydrogen) atoms. The molecule has 2 rings (SSSR count). The van der Waals surface area contributed by atoms with Crippen LogP contribution in [0, 0.1) is 0 Å². The third-order valence-corrected chi connectivity index (χ3v) is 2.99. The molecule has 0 saturated heterocycles. The molecule has 4 heteroatoms. The minimum absolute atomic E-state index is 0.132. The van der Waals surface area contributed by atoms with E-state index in [-0.39, 0.29) is 11.9 Å². The fourth-order valence-corrected chi connectivity index (χ4v) is 2.33. The van der Waals surface area contributed by atoms with Crippen molar-refractivity contribution in [1.29, 1.82) is 0 Å². The Bertz CT molecular complexity index is 505. The fraction of sp³-hybridized carbons (Fsp3) is 0.429. The summed E-state index contributed by atoms with van der Waals surface area (Å²) >= 11 is 0. The van der Waals surface area contributed by atoms with Crippen LogP contribution in [0.25, 0.3) is 0 Å². The number of hydrogen-bond acceptors (Lipinski definition) is 3. The first-order valence-electron chi connectivity index (χ1n) is 6.07. The van der Waals surface area contributed by atoms with Gasteiger partial charge in [-0.25, -0.2) is 0 Å². The molecular weight excluding hydrogens is 228 g/mol. The molecule has 0 aromatic heterocycles. The number of fused-ring (bicyclic) bond motifs is 1. The number of aliphatic imine (C=N–C) groups is 1. The standard InChI is InChI=1S/C14H18N2O2/c1-8(2)15-11-5-4-10-6-13(18)14(12(10)7-11)16-9(3)17/h4-5,7,13-14,18H,6H2,1-3H3,(H,16,17)/t13-,14-/m1/s1. The van der Waals surface area contributed by atoms with E-state index in [1.54, 1.807) is 0 Å². The lowest BCUT2D eigenvalue weighted by atomic mass is 10.1. The second-order valence-electron chi connectivity index (χ2n) is 4.89. The number of nitrogens with zero attached hydrogens (tertiary/aromatic N) is 1. The molecule has 0 radical (unpaired) electrons. The van der Waals surface area contributed by atoms with E-state index in [0.717, 1.165) is 22.5 Å². The predicted molar refractivity (Wildman–Crippen MR) is 71.2 cm³/mol. The molecule has 1 aromatic rings. The molecule has 0 bridgehead atoms. The van der Waals surface area contributed by atoms with Gasteiger partial charge in [-0.2, -0.15) is 0 Å². The van der Waals surface area contributed by atoms with Gasteiger partial charge in [0.05, 0.1) is 17.8 Å². The molecule has 0 saturated carbocycles. The van der Waals surface area contributed by atoms with Crippen molar-refractivity contribution in [2.24, 2.45) is 4.99 Å². The molecule has 0 aliphatic heterocycles. The Morgan fingerprint density at radius 2 is 2.11 bits per heavy atom. The van der Waals surface area contributed by atoms with E-state index in [2.05, 4.69) is 10.3 Å². The van der Waals surface area contributed by atoms with Crippen LogP contribution in [0.3, 0.4) is 0 Å². The molecule has 2 N–H and O–H groups in total. The van der Waals surface area contributed by atoms with Gasteiger partial charge in [0.15, 0.2) is 0 Å². The molecule has 4 nitrogen and oxygen atoms in total. The zero-order chi connectivity index (χ0) is 13.3. The van der Waals surface area contributed by atoms with E-state index < -0.39 is 6.10 Å². The summed E-state index contributed by atoms with van der Waals surface area (Å²) in [5, 5.41) is 12.8. The number of benzene rings is 1. The number of carbonyl (C=O) groups is 1. The van der Waals surface area contributed by atoms with Crippen LogP contribution in [0.4, 0.5) is 5.69 Å². The summed E-state index contributed by atoms with van der Waals surface area (Å²) in [6.07, 6.45) is 0.0286. The van der Waals surface area contributed by atoms with Crippen LogP contribution < -0.4 is 5.32 Å². The maximum Gasteiger partial charge on any atom is 0.217 e. The number of aliphatic hydroxyl groups excluding tert-OH is 1. The van der Waals surface area contributed by atoms with Gasteiger partial charge in [0.1, 0.15) is 0 Å². The molecule has 1 aliphatic carbocycles. The highest BCUT2D eigenvalue weighted by molar-refractivity contribution is 5.82. The molecule has 2 atom stereocenters. The number of nitrogens with one attached hydrogen (secondary N) is 1. The topological polar surface area (TPSA) is 61.7 Å². The summed E-state index contributed by atoms with van der Waals surface area (Å²) in [5.74, 6) is -0.132. The van der Waals surface area contributed by atoms with Gasteiger partial charge >= 0.3 is 0 Å². The van der Waals surface area contributed by atoms with Crippen molar-refractivity contribution < 1.29 is 9.90 Å². The molecule has 0 heterocycles. The van der Waals surface area contributed by atoms with Crippen LogP contribution >= 0.6 is 0 Å². The molecule has 0 unspecified atom stereocenters. The third kappa shape index (κ3) is 2.59. The van der Waals surface area contributed by atoms with E-state index in [9.17, 15) is 9.90 Å². The van der Waals surface area contributed by atoms with Crippen molar-refractivity contribution in [1.82, 2.24) is 5.32 Å². The summed E-state index contributed by atoms with van der Waals surface area (Å²) in [4.78, 5) is 15.6. The van der Waals surface area contributed by atoms with Crippen molar-refractivity contribution in [2.75, 3.05) is 0 Å². The maximum atomic E-state index is 11.2. The average molecular weight is 246 g/mol. The van der Waals surface area contributed by atoms with Gasteiger partial charge in [0.25, 0.3) is 0 Å². The first-order valence-corrected chi connectivity index (χ1v) is 6.07. The highest BCUT2D eigenvalue weighted by Gasteiger charge is 2.31. The van der Waals surface area contributed by atoms with Crippen molar-refractivity contribution in [3.63, 3.8) is 0 Å². The molecule has 0 spiro atoms. The molecule has 1 amide bonds. The van der Waals surface area contributed by atoms with Gasteiger partial charge in [0.2, 0.25) is 5.91 Å². The normalized spacial score (nSPS) is 21.3. The van der Waals surface area contributed by atoms with Crippen LogP contribution in [0.5, 0.6) is 0 Å². The van der Waals surface area contributed by atoms with Crippen LogP contribution in [0.2, 0.25) is 0 Å². The van der Waals surface area contributed by atoms with E-state index in [4.69, 9.17) is 0 Å². The zero-order valence-corrected chi connectivity index (χ0v) is 10.9. The lowest BCUT2D eigenvalue weighted by molar-refractivity contribution is -0.120. The number of hydrogen-bond donors (Lipinski definition) is 2. The summed E-state index contributed by atoms with van der Waals surface area (Å²) < 4.78 is 0. The largest absolute Gasteiger partial charge is 0.390 e. The summed E-state index contributed by atoms with van der Waals surface area (Å²) in [5.41, 5.74) is 3.89. The lowest BCUT2D eigenvalue weighted by Crippen LogP contribution is -2.32. The van der Waals surface area contributed by atoms with Crippen LogP contribution in [0.1, 0.15) is 37.9 Å². The first-order chi connectivity index (χ1) is 8.47. The monoisotopic (exact) mass is 246 g/mol. The summed E-state index contributed by atoms with van der Waals surface area (Å²) in [7, 11) is 0. The Morgan fingerprint density at radius 3 is 2.72 bits per heavy atom. The Hall–Kier alpha value is -1.68. The highest BCUT2D eigenvalue weighted by Crippen LogP contribution is 2.34. The van der Waals surface area contributed by atoms with Crippen molar-refractivity contribution in [2.45, 2.75) is 39.3 Å². The van der Waals surface area contributed by atoms with E-state index >= 15 is 0 Å². The highest BCUT2D eigenvalue weighted by atomic mass is 16.3. The SMILES string of the molecule is CC(=O)N[C@@H]1c2cc(N=C(C)C)ccc2C[C@H]1O. The Kier molecular flexibility index (Phi) is 3.48. The average Bonchev–Trinajstić information content (AvgIpc) is 2.54. The van der Waals surface area contributed by atoms with E-state index in [1.807, 2.05) is 32.0 Å². The van der Waals surface area contributed by atoms with Gasteiger partial charge in [0, 0.05) is 19.1 Å². The first kappa shape index (κ1) is 12.8. The van der Waals surface area contributed by atoms with E-state index in [1.165, 1.54) is 6.92 Å². The van der Waals surface area contributed by atoms with Crippen LogP contribution in [-0.2, 0) is 11.2 Å². The number of aliphatic hydroxyl groups is 1. The van der Waals surface area contributed by atoms with Gasteiger partial charge < -0.3 is 10.4 Å². The summed E-state index contributed by atoms with van der Waals surface area (Å²) in [6.45, 7) is 5.34. The minimum atomic E-state index is -0.550. The number of carbonyl (C=O) groups excluding carboxylic acids is 1. The number of amides is 1. The molecule has 96 valence electrons. The Morgan fingerprint density at radius 1 is 1.39 bits per heavy atom. The molecule has 0 fully saturated rings. The van der Waals surface area contributed by atoms with Crippen LogP contribution in [-0.4, -0.2) is 22.8 Å². The molecule has 1 aliphatic rings. The van der Waals surface area contributed by atoms with Gasteiger partial charge in [-0.3, -0.25) is 9.79 Å². The minimum Gasteiger partial charge on any atom is -0.390 e. The van der Waals surface area contributed by atoms with E-state index in [0.29, 0.717) is 6.42 Å². The van der Waals surface area contributed by atoms with Crippen LogP contribution in [0.15, 0.2) is 23.2 Å². The summed E-state index contributed by atoms with van der Waals surface area (Å²) in [6, 6.07) is 5.54. The van der Waals surface area contributed by atoms with Gasteiger partial charge in [-0.15, -0.1) is 0 Å². The predicted octanol–water partition coefficient (Wildman–Crippen LogP) is 1.89. The maximum absolute atomic E-state index is 11.2. The molecular formula is C14H18N2O2. The lowest BCUT2D eigenvalue weighted by Gasteiger charge is -2.16. The van der Waals surface area contributed by atoms with Crippen molar-refractivity contribution in [3.8, 4) is 0 Å². The number of rotatable bonds is 2. The zero-order valence-electron chi connectivity index (χ0n) is 10.9. The third-order valence-electron chi connectivity index (χ3n) is 2.99. The Labute approximate surface area is 107 Å². The Balaban J connectivity index is 2.36. The fourth-order valence-electron chi connectivity index (χ4n) is 2.33. The second-order valence-corrected chi connectivity index (χ2v) is 4.89. The second kappa shape index (κ2) is 4.90.